The Hall–Kier alpha value is -0.160. The standard InChI is InChI=1S/C23H47NO3/c1-4-6-8-10-11-12-13-15-17-24(3)22-20(25)19-21(26)23(22)27-18-16-14-9-7-5-2/h20-23,25-26H,4-19H2,1-3H3/t20-,21+,22+,23+/m1/s1. The summed E-state index contributed by atoms with van der Waals surface area (Å²) in [6, 6.07) is -0.0693. The minimum Gasteiger partial charge on any atom is -0.391 e. The van der Waals surface area contributed by atoms with Crippen LogP contribution in [0.25, 0.3) is 0 Å². The number of nitrogens with zero attached hydrogens (tertiary/aromatic N) is 1. The molecule has 2 N–H and O–H groups in total. The zero-order chi connectivity index (χ0) is 19.9. The fourth-order valence-electron chi connectivity index (χ4n) is 4.29. The minimum absolute atomic E-state index is 0.0693. The number of aliphatic hydroxyl groups excluding tert-OH is 2. The summed E-state index contributed by atoms with van der Waals surface area (Å²) in [6.07, 6.45) is 15.7. The molecule has 1 fully saturated rings. The van der Waals surface area contributed by atoms with E-state index in [-0.39, 0.29) is 12.1 Å². The average molecular weight is 386 g/mol. The molecule has 0 aliphatic heterocycles. The summed E-state index contributed by atoms with van der Waals surface area (Å²) in [5, 5.41) is 20.7. The Bertz CT molecular complexity index is 340. The van der Waals surface area contributed by atoms with Crippen LogP contribution in [-0.4, -0.2) is 59.7 Å². The topological polar surface area (TPSA) is 52.9 Å². The summed E-state index contributed by atoms with van der Waals surface area (Å²) in [5.41, 5.74) is 0. The van der Waals surface area contributed by atoms with E-state index >= 15 is 0 Å². The molecule has 1 aliphatic carbocycles. The normalized spacial score (nSPS) is 25.6. The summed E-state index contributed by atoms with van der Waals surface area (Å²) in [5.74, 6) is 0. The van der Waals surface area contributed by atoms with E-state index in [0.717, 1.165) is 19.4 Å². The van der Waals surface area contributed by atoms with Gasteiger partial charge in [-0.25, -0.2) is 0 Å². The van der Waals surface area contributed by atoms with Gasteiger partial charge in [-0.3, -0.25) is 4.90 Å². The number of hydrogen-bond acceptors (Lipinski definition) is 4. The third-order valence-electron chi connectivity index (χ3n) is 6.02. The largest absolute Gasteiger partial charge is 0.391 e. The van der Waals surface area contributed by atoms with E-state index in [1.54, 1.807) is 0 Å². The monoisotopic (exact) mass is 385 g/mol. The fraction of sp³-hybridized carbons (Fsp3) is 1.00. The third kappa shape index (κ3) is 10.3. The van der Waals surface area contributed by atoms with Crippen molar-refractivity contribution < 1.29 is 14.9 Å². The van der Waals surface area contributed by atoms with Crippen molar-refractivity contribution >= 4 is 0 Å². The highest BCUT2D eigenvalue weighted by molar-refractivity contribution is 4.98. The van der Waals surface area contributed by atoms with Crippen molar-refractivity contribution in [3.63, 3.8) is 0 Å². The van der Waals surface area contributed by atoms with Gasteiger partial charge < -0.3 is 14.9 Å². The Morgan fingerprint density at radius 3 is 1.85 bits per heavy atom. The summed E-state index contributed by atoms with van der Waals surface area (Å²) >= 11 is 0. The van der Waals surface area contributed by atoms with Crippen LogP contribution in [0.2, 0.25) is 0 Å². The van der Waals surface area contributed by atoms with Crippen molar-refractivity contribution in [2.75, 3.05) is 20.2 Å². The maximum Gasteiger partial charge on any atom is 0.101 e. The molecular weight excluding hydrogens is 338 g/mol. The SMILES string of the molecule is CCCCCCCCCCN(C)[C@@H]1[C@@H](OCCCCCCC)[C@@H](O)C[C@H]1O. The molecule has 162 valence electrons. The van der Waals surface area contributed by atoms with Gasteiger partial charge in [0.15, 0.2) is 0 Å². The highest BCUT2D eigenvalue weighted by atomic mass is 16.5. The molecule has 4 heteroatoms. The van der Waals surface area contributed by atoms with Crippen LogP contribution >= 0.6 is 0 Å². The number of hydrogen-bond donors (Lipinski definition) is 2. The van der Waals surface area contributed by atoms with Gasteiger partial charge in [0, 0.05) is 13.0 Å². The highest BCUT2D eigenvalue weighted by Crippen LogP contribution is 2.28. The van der Waals surface area contributed by atoms with Crippen LogP contribution in [0, 0.1) is 0 Å². The predicted octanol–water partition coefficient (Wildman–Crippen LogP) is 4.91. The van der Waals surface area contributed by atoms with E-state index < -0.39 is 12.2 Å². The first-order chi connectivity index (χ1) is 13.1. The van der Waals surface area contributed by atoms with Crippen molar-refractivity contribution in [3.05, 3.63) is 0 Å². The van der Waals surface area contributed by atoms with Gasteiger partial charge in [-0.15, -0.1) is 0 Å². The molecule has 1 aliphatic rings. The fourth-order valence-corrected chi connectivity index (χ4v) is 4.29. The van der Waals surface area contributed by atoms with Crippen LogP contribution in [0.1, 0.15) is 104 Å². The Kier molecular flexibility index (Phi) is 14.5. The zero-order valence-electron chi connectivity index (χ0n) is 18.4. The first-order valence-electron chi connectivity index (χ1n) is 11.8. The molecule has 0 aromatic carbocycles. The van der Waals surface area contributed by atoms with Crippen LogP contribution < -0.4 is 0 Å². The van der Waals surface area contributed by atoms with E-state index in [2.05, 4.69) is 25.8 Å². The van der Waals surface area contributed by atoms with Crippen LogP contribution in [0.3, 0.4) is 0 Å². The van der Waals surface area contributed by atoms with Crippen molar-refractivity contribution in [1.29, 1.82) is 0 Å². The van der Waals surface area contributed by atoms with Crippen molar-refractivity contribution in [3.8, 4) is 0 Å². The lowest BCUT2D eigenvalue weighted by Gasteiger charge is -2.32. The van der Waals surface area contributed by atoms with E-state index in [1.165, 1.54) is 70.6 Å². The average Bonchev–Trinajstić information content (AvgIpc) is 2.93. The molecule has 1 saturated carbocycles. The third-order valence-corrected chi connectivity index (χ3v) is 6.02. The molecule has 0 amide bonds. The molecule has 27 heavy (non-hydrogen) atoms. The lowest BCUT2D eigenvalue weighted by molar-refractivity contribution is -0.0589. The molecule has 0 spiro atoms. The Morgan fingerprint density at radius 1 is 0.741 bits per heavy atom. The number of unbranched alkanes of at least 4 members (excludes halogenated alkanes) is 11. The predicted molar refractivity (Wildman–Crippen MR) is 114 cm³/mol. The molecule has 0 bridgehead atoms. The van der Waals surface area contributed by atoms with Gasteiger partial charge in [0.2, 0.25) is 0 Å². The van der Waals surface area contributed by atoms with E-state index in [0.29, 0.717) is 13.0 Å². The molecule has 0 unspecified atom stereocenters. The van der Waals surface area contributed by atoms with Gasteiger partial charge in [0.05, 0.1) is 18.2 Å². The highest BCUT2D eigenvalue weighted by Gasteiger charge is 2.44. The van der Waals surface area contributed by atoms with Gasteiger partial charge in [0.25, 0.3) is 0 Å². The summed E-state index contributed by atoms with van der Waals surface area (Å²) in [6.45, 7) is 6.15. The minimum atomic E-state index is -0.540. The second-order valence-corrected chi connectivity index (χ2v) is 8.57. The molecule has 0 radical (unpaired) electrons. The number of aliphatic hydroxyl groups is 2. The Labute approximate surface area is 168 Å². The number of ether oxygens (including phenoxy) is 1. The summed E-state index contributed by atoms with van der Waals surface area (Å²) in [7, 11) is 2.07. The summed E-state index contributed by atoms with van der Waals surface area (Å²) < 4.78 is 6.03. The van der Waals surface area contributed by atoms with Gasteiger partial charge in [-0.2, -0.15) is 0 Å². The van der Waals surface area contributed by atoms with Crippen LogP contribution in [-0.2, 0) is 4.74 Å². The van der Waals surface area contributed by atoms with Gasteiger partial charge >= 0.3 is 0 Å². The first kappa shape index (κ1) is 24.9. The maximum absolute atomic E-state index is 10.4. The number of rotatable bonds is 17. The molecule has 0 aromatic rings. The second kappa shape index (κ2) is 15.7. The van der Waals surface area contributed by atoms with Gasteiger partial charge in [-0.05, 0) is 26.4 Å². The molecule has 0 heterocycles. The zero-order valence-corrected chi connectivity index (χ0v) is 18.4. The van der Waals surface area contributed by atoms with Crippen molar-refractivity contribution in [2.24, 2.45) is 0 Å². The Morgan fingerprint density at radius 2 is 1.26 bits per heavy atom. The van der Waals surface area contributed by atoms with Crippen LogP contribution in [0.4, 0.5) is 0 Å². The first-order valence-corrected chi connectivity index (χ1v) is 11.8. The molecule has 0 aromatic heterocycles. The molecule has 0 saturated heterocycles. The van der Waals surface area contributed by atoms with Crippen molar-refractivity contribution in [2.45, 2.75) is 128 Å². The lowest BCUT2D eigenvalue weighted by atomic mass is 10.1. The second-order valence-electron chi connectivity index (χ2n) is 8.57. The smallest absolute Gasteiger partial charge is 0.101 e. The molecule has 1 rings (SSSR count). The van der Waals surface area contributed by atoms with Gasteiger partial charge in [0.1, 0.15) is 6.10 Å². The molecule has 4 nitrogen and oxygen atoms in total. The summed E-state index contributed by atoms with van der Waals surface area (Å²) in [4.78, 5) is 2.22. The molecular formula is C23H47NO3. The molecule has 4 atom stereocenters. The lowest BCUT2D eigenvalue weighted by Crippen LogP contribution is -2.47. The van der Waals surface area contributed by atoms with Crippen LogP contribution in [0.5, 0.6) is 0 Å². The van der Waals surface area contributed by atoms with E-state index in [9.17, 15) is 10.2 Å². The van der Waals surface area contributed by atoms with E-state index in [1.807, 2.05) is 0 Å². The quantitative estimate of drug-likeness (QED) is 0.349. The van der Waals surface area contributed by atoms with Crippen molar-refractivity contribution in [1.82, 2.24) is 4.90 Å². The van der Waals surface area contributed by atoms with Crippen LogP contribution in [0.15, 0.2) is 0 Å². The number of likely N-dealkylation sites (N-methyl/N-ethyl adjacent to an activating group) is 1. The maximum atomic E-state index is 10.4. The van der Waals surface area contributed by atoms with Gasteiger partial charge in [-0.1, -0.05) is 84.5 Å². The van der Waals surface area contributed by atoms with E-state index in [4.69, 9.17) is 4.74 Å². The Balaban J connectivity index is 2.23.